The van der Waals surface area contributed by atoms with Gasteiger partial charge in [0.05, 0.1) is 0 Å². The molecule has 3 aromatic rings. The van der Waals surface area contributed by atoms with Gasteiger partial charge in [0.2, 0.25) is 17.7 Å². The summed E-state index contributed by atoms with van der Waals surface area (Å²) in [4.78, 5) is 14.4. The molecule has 0 radical (unpaired) electrons. The fraction of sp³-hybridized carbons (Fsp3) is 0.250. The van der Waals surface area contributed by atoms with Crippen molar-refractivity contribution in [2.75, 3.05) is 6.54 Å². The summed E-state index contributed by atoms with van der Waals surface area (Å²) in [5.74, 6) is 0.512. The van der Waals surface area contributed by atoms with Gasteiger partial charge in [-0.15, -0.1) is 10.2 Å². The zero-order chi connectivity index (χ0) is 17.9. The standard InChI is InChI=1S/C20H18FN3O2/c21-17-7-5-15(6-8-17)20-23-22-18(26-20)9-10-19(25)24-12-11-14-3-1-2-4-16(14)13-24/h1-8H,9-13H2. The van der Waals surface area contributed by atoms with E-state index in [1.165, 1.54) is 23.3 Å². The molecule has 1 aliphatic rings. The molecular weight excluding hydrogens is 333 g/mol. The summed E-state index contributed by atoms with van der Waals surface area (Å²) in [6, 6.07) is 14.1. The fourth-order valence-electron chi connectivity index (χ4n) is 3.14. The number of halogens is 1. The quantitative estimate of drug-likeness (QED) is 0.723. The average Bonchev–Trinajstić information content (AvgIpc) is 3.15. The van der Waals surface area contributed by atoms with Gasteiger partial charge in [-0.25, -0.2) is 4.39 Å². The Labute approximate surface area is 150 Å². The van der Waals surface area contributed by atoms with E-state index in [1.54, 1.807) is 12.1 Å². The number of fused-ring (bicyclic) bond motifs is 1. The van der Waals surface area contributed by atoms with Crippen molar-refractivity contribution >= 4 is 5.91 Å². The molecule has 0 unspecified atom stereocenters. The molecule has 1 aromatic heterocycles. The van der Waals surface area contributed by atoms with Gasteiger partial charge in [0.25, 0.3) is 0 Å². The first-order valence-corrected chi connectivity index (χ1v) is 8.62. The predicted octanol–water partition coefficient (Wildman–Crippen LogP) is 3.39. The highest BCUT2D eigenvalue weighted by molar-refractivity contribution is 5.76. The Kier molecular flexibility index (Phi) is 4.48. The number of rotatable bonds is 4. The molecule has 5 nitrogen and oxygen atoms in total. The molecule has 0 aliphatic carbocycles. The number of carbonyl (C=O) groups is 1. The molecule has 2 heterocycles. The highest BCUT2D eigenvalue weighted by Gasteiger charge is 2.21. The third kappa shape index (κ3) is 3.49. The lowest BCUT2D eigenvalue weighted by atomic mass is 9.99. The Morgan fingerprint density at radius 1 is 1.08 bits per heavy atom. The van der Waals surface area contributed by atoms with Crippen LogP contribution >= 0.6 is 0 Å². The van der Waals surface area contributed by atoms with Crippen LogP contribution < -0.4 is 0 Å². The summed E-state index contributed by atoms with van der Waals surface area (Å²) in [6.45, 7) is 1.39. The summed E-state index contributed by atoms with van der Waals surface area (Å²) >= 11 is 0. The normalized spacial score (nSPS) is 13.5. The number of hydrogen-bond donors (Lipinski definition) is 0. The van der Waals surface area contributed by atoms with Crippen LogP contribution in [0.5, 0.6) is 0 Å². The SMILES string of the molecule is O=C(CCc1nnc(-c2ccc(F)cc2)o1)N1CCc2ccccc2C1. The third-order valence-electron chi connectivity index (χ3n) is 4.59. The third-order valence-corrected chi connectivity index (χ3v) is 4.59. The van der Waals surface area contributed by atoms with Gasteiger partial charge in [-0.2, -0.15) is 0 Å². The van der Waals surface area contributed by atoms with Gasteiger partial charge in [0.15, 0.2) is 0 Å². The molecule has 2 aromatic carbocycles. The van der Waals surface area contributed by atoms with Gasteiger partial charge in [0.1, 0.15) is 5.82 Å². The van der Waals surface area contributed by atoms with Crippen molar-refractivity contribution in [1.29, 1.82) is 0 Å². The van der Waals surface area contributed by atoms with Gasteiger partial charge < -0.3 is 9.32 Å². The van der Waals surface area contributed by atoms with Gasteiger partial charge >= 0.3 is 0 Å². The van der Waals surface area contributed by atoms with Crippen molar-refractivity contribution < 1.29 is 13.6 Å². The molecule has 0 bridgehead atoms. The molecule has 132 valence electrons. The molecular formula is C20H18FN3O2. The largest absolute Gasteiger partial charge is 0.421 e. The van der Waals surface area contributed by atoms with Crippen LogP contribution in [0.4, 0.5) is 4.39 Å². The second-order valence-corrected chi connectivity index (χ2v) is 6.34. The lowest BCUT2D eigenvalue weighted by Gasteiger charge is -2.28. The van der Waals surface area contributed by atoms with Crippen molar-refractivity contribution in [3.8, 4) is 11.5 Å². The highest BCUT2D eigenvalue weighted by Crippen LogP contribution is 2.21. The fourth-order valence-corrected chi connectivity index (χ4v) is 3.14. The number of aryl methyl sites for hydroxylation is 1. The summed E-state index contributed by atoms with van der Waals surface area (Å²) < 4.78 is 18.6. The highest BCUT2D eigenvalue weighted by atomic mass is 19.1. The summed E-state index contributed by atoms with van der Waals surface area (Å²) in [5.41, 5.74) is 3.19. The van der Waals surface area contributed by atoms with Crippen LogP contribution in [-0.2, 0) is 24.2 Å². The maximum Gasteiger partial charge on any atom is 0.247 e. The molecule has 0 saturated carbocycles. The molecule has 4 rings (SSSR count). The predicted molar refractivity (Wildman–Crippen MR) is 93.6 cm³/mol. The molecule has 0 fully saturated rings. The van der Waals surface area contributed by atoms with Crippen LogP contribution in [0.2, 0.25) is 0 Å². The van der Waals surface area contributed by atoms with Crippen LogP contribution in [0.15, 0.2) is 52.9 Å². The van der Waals surface area contributed by atoms with Crippen molar-refractivity contribution in [3.05, 3.63) is 71.4 Å². The second kappa shape index (κ2) is 7.07. The van der Waals surface area contributed by atoms with E-state index in [2.05, 4.69) is 22.3 Å². The molecule has 26 heavy (non-hydrogen) atoms. The van der Waals surface area contributed by atoms with Gasteiger partial charge in [-0.1, -0.05) is 24.3 Å². The maximum absolute atomic E-state index is 13.0. The number of aromatic nitrogens is 2. The first kappa shape index (κ1) is 16.4. The lowest BCUT2D eigenvalue weighted by Crippen LogP contribution is -2.36. The first-order valence-electron chi connectivity index (χ1n) is 8.62. The second-order valence-electron chi connectivity index (χ2n) is 6.34. The van der Waals surface area contributed by atoms with Crippen LogP contribution in [0.1, 0.15) is 23.4 Å². The molecule has 1 aliphatic heterocycles. The van der Waals surface area contributed by atoms with Crippen molar-refractivity contribution in [2.45, 2.75) is 25.8 Å². The summed E-state index contributed by atoms with van der Waals surface area (Å²) in [6.07, 6.45) is 1.61. The van der Waals surface area contributed by atoms with Gasteiger partial charge in [0, 0.05) is 31.5 Å². The van der Waals surface area contributed by atoms with Crippen LogP contribution in [0.25, 0.3) is 11.5 Å². The maximum atomic E-state index is 13.0. The van der Waals surface area contributed by atoms with Gasteiger partial charge in [-0.3, -0.25) is 4.79 Å². The van der Waals surface area contributed by atoms with Crippen LogP contribution in [0, 0.1) is 5.82 Å². The van der Waals surface area contributed by atoms with E-state index in [0.29, 0.717) is 36.7 Å². The Balaban J connectivity index is 1.36. The minimum Gasteiger partial charge on any atom is -0.421 e. The molecule has 0 saturated heterocycles. The van der Waals surface area contributed by atoms with E-state index >= 15 is 0 Å². The monoisotopic (exact) mass is 351 g/mol. The van der Waals surface area contributed by atoms with Crippen molar-refractivity contribution in [1.82, 2.24) is 15.1 Å². The molecule has 1 amide bonds. The average molecular weight is 351 g/mol. The molecule has 0 N–H and O–H groups in total. The van der Waals surface area contributed by atoms with Crippen LogP contribution in [-0.4, -0.2) is 27.5 Å². The van der Waals surface area contributed by atoms with E-state index in [9.17, 15) is 9.18 Å². The number of carbonyl (C=O) groups excluding carboxylic acids is 1. The molecule has 6 heteroatoms. The number of nitrogens with zero attached hydrogens (tertiary/aromatic N) is 3. The number of amides is 1. The van der Waals surface area contributed by atoms with Crippen molar-refractivity contribution in [3.63, 3.8) is 0 Å². The first-order chi connectivity index (χ1) is 12.7. The van der Waals surface area contributed by atoms with Crippen LogP contribution in [0.3, 0.4) is 0 Å². The Morgan fingerprint density at radius 3 is 2.65 bits per heavy atom. The molecule has 0 atom stereocenters. The van der Waals surface area contributed by atoms with Crippen molar-refractivity contribution in [2.24, 2.45) is 0 Å². The Morgan fingerprint density at radius 2 is 1.85 bits per heavy atom. The summed E-state index contributed by atoms with van der Waals surface area (Å²) in [5, 5.41) is 7.96. The Hall–Kier alpha value is -3.02. The Bertz CT molecular complexity index is 921. The van der Waals surface area contributed by atoms with E-state index in [4.69, 9.17) is 4.42 Å². The number of hydrogen-bond acceptors (Lipinski definition) is 4. The van der Waals surface area contributed by atoms with E-state index in [1.807, 2.05) is 17.0 Å². The van der Waals surface area contributed by atoms with E-state index in [0.717, 1.165) is 13.0 Å². The lowest BCUT2D eigenvalue weighted by molar-refractivity contribution is -0.132. The smallest absolute Gasteiger partial charge is 0.247 e. The number of benzene rings is 2. The minimum absolute atomic E-state index is 0.0843. The zero-order valence-electron chi connectivity index (χ0n) is 14.2. The zero-order valence-corrected chi connectivity index (χ0v) is 14.2. The van der Waals surface area contributed by atoms with E-state index < -0.39 is 0 Å². The van der Waals surface area contributed by atoms with E-state index in [-0.39, 0.29) is 11.7 Å². The minimum atomic E-state index is -0.317. The summed E-state index contributed by atoms with van der Waals surface area (Å²) in [7, 11) is 0. The molecule has 0 spiro atoms. The van der Waals surface area contributed by atoms with Gasteiger partial charge in [-0.05, 0) is 41.8 Å². The topological polar surface area (TPSA) is 59.2 Å².